The zero-order chi connectivity index (χ0) is 24.6. The molecule has 1 heterocycles. The number of hydrogen-bond donors (Lipinski definition) is 0. The summed E-state index contributed by atoms with van der Waals surface area (Å²) in [6, 6.07) is 14.6. The number of hydrogen-bond acceptors (Lipinski definition) is 4. The van der Waals surface area contributed by atoms with E-state index in [-0.39, 0.29) is 11.9 Å². The fourth-order valence-electron chi connectivity index (χ4n) is 5.57. The number of carbonyl (C=O) groups is 1. The number of carbonyl (C=O) groups excluding carboxylic acids is 1. The van der Waals surface area contributed by atoms with Gasteiger partial charge in [0.2, 0.25) is 0 Å². The lowest BCUT2D eigenvalue weighted by atomic mass is 9.78. The Kier molecular flexibility index (Phi) is 9.39. The molecular weight excluding hydrogens is 436 g/mol. The lowest BCUT2D eigenvalue weighted by Gasteiger charge is -2.33. The standard InChI is InChI=1S/C31H42O4/c1-4-9-22(3)26-16-17-28(29(19-26)23-10-7-6-8-11-23)27-20-34-31(35-21-27)25-14-12-24(13-15-25)30(32)33-18-5-2/h12-17,19,22-23,27,31H,4-11,18,20-21H2,1-3H3. The molecule has 4 nitrogen and oxygen atoms in total. The summed E-state index contributed by atoms with van der Waals surface area (Å²) in [6.45, 7) is 8.35. The average molecular weight is 479 g/mol. The molecule has 2 aromatic rings. The Labute approximate surface area is 211 Å². The van der Waals surface area contributed by atoms with Gasteiger partial charge in [0, 0.05) is 11.5 Å². The van der Waals surface area contributed by atoms with E-state index in [0.717, 1.165) is 12.0 Å². The van der Waals surface area contributed by atoms with Gasteiger partial charge in [-0.2, -0.15) is 0 Å². The van der Waals surface area contributed by atoms with Crippen LogP contribution in [0.5, 0.6) is 0 Å². The quantitative estimate of drug-likeness (QED) is 0.342. The van der Waals surface area contributed by atoms with E-state index in [1.54, 1.807) is 12.1 Å². The van der Waals surface area contributed by atoms with Crippen LogP contribution in [0.3, 0.4) is 0 Å². The fourth-order valence-corrected chi connectivity index (χ4v) is 5.57. The highest BCUT2D eigenvalue weighted by molar-refractivity contribution is 5.89. The van der Waals surface area contributed by atoms with Crippen LogP contribution in [0.4, 0.5) is 0 Å². The highest BCUT2D eigenvalue weighted by Crippen LogP contribution is 2.40. The Bertz CT molecular complexity index is 937. The Hall–Kier alpha value is -2.17. The maximum absolute atomic E-state index is 12.1. The molecule has 2 aromatic carbocycles. The van der Waals surface area contributed by atoms with Crippen molar-refractivity contribution in [2.75, 3.05) is 19.8 Å². The molecule has 0 aromatic heterocycles. The smallest absolute Gasteiger partial charge is 0.338 e. The summed E-state index contributed by atoms with van der Waals surface area (Å²) < 4.78 is 17.7. The molecule has 1 aliphatic carbocycles. The lowest BCUT2D eigenvalue weighted by molar-refractivity contribution is -0.191. The first-order valence-corrected chi connectivity index (χ1v) is 13.7. The van der Waals surface area contributed by atoms with Gasteiger partial charge in [-0.3, -0.25) is 0 Å². The van der Waals surface area contributed by atoms with Gasteiger partial charge in [-0.1, -0.05) is 76.8 Å². The third kappa shape index (κ3) is 6.54. The molecule has 190 valence electrons. The summed E-state index contributed by atoms with van der Waals surface area (Å²) in [7, 11) is 0. The van der Waals surface area contributed by atoms with Crippen molar-refractivity contribution in [2.24, 2.45) is 0 Å². The second-order valence-electron chi connectivity index (χ2n) is 10.4. The number of benzene rings is 2. The van der Waals surface area contributed by atoms with Crippen LogP contribution in [0.2, 0.25) is 0 Å². The minimum atomic E-state index is -0.394. The van der Waals surface area contributed by atoms with Gasteiger partial charge in [-0.25, -0.2) is 4.79 Å². The van der Waals surface area contributed by atoms with Crippen LogP contribution >= 0.6 is 0 Å². The van der Waals surface area contributed by atoms with Gasteiger partial charge >= 0.3 is 5.97 Å². The van der Waals surface area contributed by atoms with Gasteiger partial charge in [0.1, 0.15) is 0 Å². The molecule has 2 fully saturated rings. The topological polar surface area (TPSA) is 44.8 Å². The van der Waals surface area contributed by atoms with Crippen molar-refractivity contribution in [3.05, 3.63) is 70.3 Å². The molecule has 4 rings (SSSR count). The van der Waals surface area contributed by atoms with E-state index >= 15 is 0 Å². The summed E-state index contributed by atoms with van der Waals surface area (Å²) in [5.41, 5.74) is 5.92. The van der Waals surface area contributed by atoms with Gasteiger partial charge in [-0.05, 0) is 66.3 Å². The van der Waals surface area contributed by atoms with Crippen molar-refractivity contribution >= 4 is 5.97 Å². The Morgan fingerprint density at radius 1 is 0.914 bits per heavy atom. The SMILES string of the molecule is CCCOC(=O)c1ccc(C2OCC(c3ccc(C(C)CCC)cc3C3CCCCC3)CO2)cc1. The zero-order valence-corrected chi connectivity index (χ0v) is 21.8. The fraction of sp³-hybridized carbons (Fsp3) is 0.581. The van der Waals surface area contributed by atoms with Crippen molar-refractivity contribution in [1.29, 1.82) is 0 Å². The number of rotatable bonds is 9. The summed E-state index contributed by atoms with van der Waals surface area (Å²) in [5.74, 6) is 1.23. The van der Waals surface area contributed by atoms with Crippen LogP contribution < -0.4 is 0 Å². The molecule has 4 heteroatoms. The van der Waals surface area contributed by atoms with Crippen LogP contribution in [0.15, 0.2) is 42.5 Å². The summed E-state index contributed by atoms with van der Waals surface area (Å²) in [5, 5.41) is 0. The maximum atomic E-state index is 12.1. The van der Waals surface area contributed by atoms with E-state index in [1.807, 2.05) is 19.1 Å². The first-order chi connectivity index (χ1) is 17.1. The second-order valence-corrected chi connectivity index (χ2v) is 10.4. The van der Waals surface area contributed by atoms with Crippen LogP contribution in [0.25, 0.3) is 0 Å². The van der Waals surface area contributed by atoms with Crippen molar-refractivity contribution in [3.63, 3.8) is 0 Å². The number of esters is 1. The average Bonchev–Trinajstić information content (AvgIpc) is 2.92. The first kappa shape index (κ1) is 25.9. The summed E-state index contributed by atoms with van der Waals surface area (Å²) in [4.78, 5) is 12.1. The van der Waals surface area contributed by atoms with E-state index in [9.17, 15) is 4.79 Å². The van der Waals surface area contributed by atoms with E-state index in [1.165, 1.54) is 61.6 Å². The molecular formula is C31H42O4. The van der Waals surface area contributed by atoms with Gasteiger partial charge in [0.15, 0.2) is 6.29 Å². The molecule has 1 saturated carbocycles. The molecule has 1 saturated heterocycles. The van der Waals surface area contributed by atoms with Gasteiger partial charge < -0.3 is 14.2 Å². The van der Waals surface area contributed by atoms with Gasteiger partial charge in [-0.15, -0.1) is 0 Å². The molecule has 1 aliphatic heterocycles. The van der Waals surface area contributed by atoms with Crippen molar-refractivity contribution < 1.29 is 19.0 Å². The maximum Gasteiger partial charge on any atom is 0.338 e. The van der Waals surface area contributed by atoms with Crippen LogP contribution in [0, 0.1) is 0 Å². The monoisotopic (exact) mass is 478 g/mol. The highest BCUT2D eigenvalue weighted by atomic mass is 16.7. The summed E-state index contributed by atoms with van der Waals surface area (Å²) in [6.07, 6.45) is 9.49. The molecule has 0 radical (unpaired) electrons. The lowest BCUT2D eigenvalue weighted by Crippen LogP contribution is -2.27. The van der Waals surface area contributed by atoms with Crippen molar-refractivity contribution in [1.82, 2.24) is 0 Å². The third-order valence-corrected chi connectivity index (χ3v) is 7.64. The molecule has 1 unspecified atom stereocenters. The Morgan fingerprint density at radius 3 is 2.29 bits per heavy atom. The Balaban J connectivity index is 1.45. The van der Waals surface area contributed by atoms with Crippen molar-refractivity contribution in [2.45, 2.75) is 96.2 Å². The minimum absolute atomic E-state index is 0.252. The molecule has 0 spiro atoms. The third-order valence-electron chi connectivity index (χ3n) is 7.64. The van der Waals surface area contributed by atoms with Crippen molar-refractivity contribution in [3.8, 4) is 0 Å². The molecule has 1 atom stereocenters. The zero-order valence-electron chi connectivity index (χ0n) is 21.8. The Morgan fingerprint density at radius 2 is 1.63 bits per heavy atom. The molecule has 0 N–H and O–H groups in total. The van der Waals surface area contributed by atoms with E-state index in [4.69, 9.17) is 14.2 Å². The van der Waals surface area contributed by atoms with Gasteiger partial charge in [0.25, 0.3) is 0 Å². The molecule has 2 aliphatic rings. The second kappa shape index (κ2) is 12.7. The predicted octanol–water partition coefficient (Wildman–Crippen LogP) is 8.03. The molecule has 35 heavy (non-hydrogen) atoms. The predicted molar refractivity (Wildman–Crippen MR) is 140 cm³/mol. The van der Waals surface area contributed by atoms with Crippen LogP contribution in [-0.2, 0) is 14.2 Å². The number of ether oxygens (including phenoxy) is 3. The highest BCUT2D eigenvalue weighted by Gasteiger charge is 2.29. The first-order valence-electron chi connectivity index (χ1n) is 13.7. The van der Waals surface area contributed by atoms with Crippen LogP contribution in [0.1, 0.15) is 129 Å². The molecule has 0 amide bonds. The largest absolute Gasteiger partial charge is 0.462 e. The van der Waals surface area contributed by atoms with E-state index in [0.29, 0.717) is 37.2 Å². The summed E-state index contributed by atoms with van der Waals surface area (Å²) >= 11 is 0. The molecule has 0 bridgehead atoms. The normalized spacial score (nSPS) is 22.0. The van der Waals surface area contributed by atoms with E-state index in [2.05, 4.69) is 32.0 Å². The van der Waals surface area contributed by atoms with E-state index < -0.39 is 6.29 Å². The minimum Gasteiger partial charge on any atom is -0.462 e. The van der Waals surface area contributed by atoms with Gasteiger partial charge in [0.05, 0.1) is 25.4 Å². The van der Waals surface area contributed by atoms with Crippen LogP contribution in [-0.4, -0.2) is 25.8 Å².